The molecule has 0 amide bonds. The van der Waals surface area contributed by atoms with Crippen LogP contribution < -0.4 is 4.74 Å². The Balaban J connectivity index is 2.33. The summed E-state index contributed by atoms with van der Waals surface area (Å²) in [4.78, 5) is 4.20. The zero-order chi connectivity index (χ0) is 11.5. The van der Waals surface area contributed by atoms with Crippen molar-refractivity contribution in [3.63, 3.8) is 0 Å². The third-order valence-corrected chi connectivity index (χ3v) is 3.00. The van der Waals surface area contributed by atoms with Gasteiger partial charge >= 0.3 is 0 Å². The maximum atomic E-state index is 5.33. The fourth-order valence-electron chi connectivity index (χ4n) is 1.63. The minimum atomic E-state index is 0.772. The maximum absolute atomic E-state index is 5.33. The van der Waals surface area contributed by atoms with Crippen LogP contribution in [0.5, 0.6) is 5.75 Å². The lowest BCUT2D eigenvalue weighted by Gasteiger charge is -2.10. The zero-order valence-corrected chi connectivity index (χ0v) is 10.9. The van der Waals surface area contributed by atoms with Crippen molar-refractivity contribution in [2.45, 2.75) is 13.5 Å². The first-order valence-corrected chi connectivity index (χ1v) is 5.80. The van der Waals surface area contributed by atoms with Crippen molar-refractivity contribution in [1.29, 1.82) is 0 Å². The van der Waals surface area contributed by atoms with E-state index in [-0.39, 0.29) is 0 Å². The Labute approximate surface area is 103 Å². The molecule has 4 heteroatoms. The molecule has 1 aromatic carbocycles. The summed E-state index contributed by atoms with van der Waals surface area (Å²) in [5.41, 5.74) is 1.14. The SMILES string of the molecule is COc1ccc(Br)cc1Cn1ccnc1C. The first-order chi connectivity index (χ1) is 7.70. The number of hydrogen-bond donors (Lipinski definition) is 0. The lowest BCUT2D eigenvalue weighted by atomic mass is 10.2. The summed E-state index contributed by atoms with van der Waals surface area (Å²) in [6, 6.07) is 6.01. The molecule has 0 fully saturated rings. The fraction of sp³-hybridized carbons (Fsp3) is 0.250. The Bertz CT molecular complexity index is 494. The number of rotatable bonds is 3. The summed E-state index contributed by atoms with van der Waals surface area (Å²) in [7, 11) is 1.69. The van der Waals surface area contributed by atoms with Gasteiger partial charge < -0.3 is 9.30 Å². The van der Waals surface area contributed by atoms with Crippen molar-refractivity contribution in [2.24, 2.45) is 0 Å². The topological polar surface area (TPSA) is 27.1 Å². The van der Waals surface area contributed by atoms with Crippen LogP contribution in [0.4, 0.5) is 0 Å². The number of halogens is 1. The van der Waals surface area contributed by atoms with Crippen LogP contribution in [0, 0.1) is 6.92 Å². The third-order valence-electron chi connectivity index (χ3n) is 2.51. The van der Waals surface area contributed by atoms with E-state index in [1.54, 1.807) is 13.3 Å². The number of aromatic nitrogens is 2. The highest BCUT2D eigenvalue weighted by atomic mass is 79.9. The van der Waals surface area contributed by atoms with Gasteiger partial charge in [0.25, 0.3) is 0 Å². The van der Waals surface area contributed by atoms with E-state index in [1.165, 1.54) is 0 Å². The van der Waals surface area contributed by atoms with E-state index in [0.29, 0.717) is 0 Å². The molecule has 0 bridgehead atoms. The average Bonchev–Trinajstić information content (AvgIpc) is 2.65. The Morgan fingerprint density at radius 2 is 2.25 bits per heavy atom. The molecule has 1 aromatic heterocycles. The molecule has 0 aliphatic carbocycles. The van der Waals surface area contributed by atoms with E-state index in [9.17, 15) is 0 Å². The number of methoxy groups -OCH3 is 1. The van der Waals surface area contributed by atoms with E-state index in [0.717, 1.165) is 28.2 Å². The summed E-state index contributed by atoms with van der Waals surface area (Å²) in [6.45, 7) is 2.76. The molecule has 0 aliphatic heterocycles. The Hall–Kier alpha value is -1.29. The zero-order valence-electron chi connectivity index (χ0n) is 9.27. The first kappa shape index (κ1) is 11.2. The van der Waals surface area contributed by atoms with Crippen LogP contribution >= 0.6 is 15.9 Å². The molecule has 0 atom stereocenters. The predicted molar refractivity (Wildman–Crippen MR) is 66.8 cm³/mol. The molecule has 0 unspecified atom stereocenters. The Kier molecular flexibility index (Phi) is 3.29. The summed E-state index contributed by atoms with van der Waals surface area (Å²) in [6.07, 6.45) is 3.77. The van der Waals surface area contributed by atoms with E-state index in [2.05, 4.69) is 31.5 Å². The van der Waals surface area contributed by atoms with Crippen molar-refractivity contribution in [3.05, 3.63) is 46.5 Å². The van der Waals surface area contributed by atoms with Gasteiger partial charge in [-0.2, -0.15) is 0 Å². The molecule has 16 heavy (non-hydrogen) atoms. The van der Waals surface area contributed by atoms with E-state index >= 15 is 0 Å². The van der Waals surface area contributed by atoms with Gasteiger partial charge in [0.2, 0.25) is 0 Å². The molecule has 0 aliphatic rings. The van der Waals surface area contributed by atoms with Crippen LogP contribution in [0.1, 0.15) is 11.4 Å². The van der Waals surface area contributed by atoms with Gasteiger partial charge in [0.05, 0.1) is 13.7 Å². The fourth-order valence-corrected chi connectivity index (χ4v) is 2.03. The van der Waals surface area contributed by atoms with Crippen LogP contribution in [0.15, 0.2) is 35.1 Å². The number of benzene rings is 1. The van der Waals surface area contributed by atoms with Crippen LogP contribution in [0.3, 0.4) is 0 Å². The van der Waals surface area contributed by atoms with E-state index in [4.69, 9.17) is 4.74 Å². The molecule has 0 N–H and O–H groups in total. The maximum Gasteiger partial charge on any atom is 0.123 e. The summed E-state index contributed by atoms with van der Waals surface area (Å²) < 4.78 is 8.48. The van der Waals surface area contributed by atoms with Crippen molar-refractivity contribution in [1.82, 2.24) is 9.55 Å². The van der Waals surface area contributed by atoms with Crippen molar-refractivity contribution < 1.29 is 4.74 Å². The van der Waals surface area contributed by atoms with Crippen molar-refractivity contribution in [3.8, 4) is 5.75 Å². The van der Waals surface area contributed by atoms with Gasteiger partial charge in [-0.15, -0.1) is 0 Å². The number of nitrogens with zero attached hydrogens (tertiary/aromatic N) is 2. The largest absolute Gasteiger partial charge is 0.496 e. The highest BCUT2D eigenvalue weighted by Gasteiger charge is 2.05. The molecule has 3 nitrogen and oxygen atoms in total. The predicted octanol–water partition coefficient (Wildman–Crippen LogP) is 3.01. The molecule has 0 radical (unpaired) electrons. The Morgan fingerprint density at radius 1 is 1.44 bits per heavy atom. The number of imidazole rings is 1. The molecular formula is C12H13BrN2O. The summed E-state index contributed by atoms with van der Waals surface area (Å²) in [5, 5.41) is 0. The van der Waals surface area contributed by atoms with Crippen LogP contribution in [0.2, 0.25) is 0 Å². The van der Waals surface area contributed by atoms with Gasteiger partial charge in [-0.3, -0.25) is 0 Å². The number of aryl methyl sites for hydroxylation is 1. The third kappa shape index (κ3) is 2.27. The Morgan fingerprint density at radius 3 is 2.88 bits per heavy atom. The molecule has 1 heterocycles. The first-order valence-electron chi connectivity index (χ1n) is 5.01. The molecule has 84 valence electrons. The highest BCUT2D eigenvalue weighted by Crippen LogP contribution is 2.24. The van der Waals surface area contributed by atoms with Crippen LogP contribution in [0.25, 0.3) is 0 Å². The lowest BCUT2D eigenvalue weighted by Crippen LogP contribution is -2.02. The number of hydrogen-bond acceptors (Lipinski definition) is 2. The minimum Gasteiger partial charge on any atom is -0.496 e. The van der Waals surface area contributed by atoms with E-state index < -0.39 is 0 Å². The van der Waals surface area contributed by atoms with Gasteiger partial charge in [0, 0.05) is 22.4 Å². The molecule has 0 saturated carbocycles. The highest BCUT2D eigenvalue weighted by molar-refractivity contribution is 9.10. The smallest absolute Gasteiger partial charge is 0.123 e. The minimum absolute atomic E-state index is 0.772. The summed E-state index contributed by atoms with van der Waals surface area (Å²) in [5.74, 6) is 1.90. The van der Waals surface area contributed by atoms with Gasteiger partial charge in [0.1, 0.15) is 11.6 Å². The molecule has 0 saturated heterocycles. The van der Waals surface area contributed by atoms with E-state index in [1.807, 2.05) is 25.3 Å². The molecular weight excluding hydrogens is 268 g/mol. The summed E-state index contributed by atoms with van der Waals surface area (Å²) >= 11 is 3.47. The average molecular weight is 281 g/mol. The quantitative estimate of drug-likeness (QED) is 0.864. The lowest BCUT2D eigenvalue weighted by molar-refractivity contribution is 0.408. The number of ether oxygens (including phenoxy) is 1. The van der Waals surface area contributed by atoms with Crippen molar-refractivity contribution in [2.75, 3.05) is 7.11 Å². The molecule has 2 rings (SSSR count). The second-order valence-corrected chi connectivity index (χ2v) is 4.47. The van der Waals surface area contributed by atoms with Gasteiger partial charge in [-0.1, -0.05) is 15.9 Å². The second kappa shape index (κ2) is 4.70. The standard InChI is InChI=1S/C12H13BrN2O/c1-9-14-5-6-15(9)8-10-7-11(13)3-4-12(10)16-2/h3-7H,8H2,1-2H3. The van der Waals surface area contributed by atoms with Gasteiger partial charge in [-0.05, 0) is 25.1 Å². The molecule has 0 spiro atoms. The molecule has 2 aromatic rings. The van der Waals surface area contributed by atoms with Crippen molar-refractivity contribution >= 4 is 15.9 Å². The normalized spacial score (nSPS) is 10.4. The monoisotopic (exact) mass is 280 g/mol. The van der Waals surface area contributed by atoms with Gasteiger partial charge in [0.15, 0.2) is 0 Å². The second-order valence-electron chi connectivity index (χ2n) is 3.56. The van der Waals surface area contributed by atoms with Crippen LogP contribution in [-0.4, -0.2) is 16.7 Å². The van der Waals surface area contributed by atoms with Gasteiger partial charge in [-0.25, -0.2) is 4.98 Å². The van der Waals surface area contributed by atoms with Crippen LogP contribution in [-0.2, 0) is 6.54 Å².